The van der Waals surface area contributed by atoms with E-state index in [-0.39, 0.29) is 23.5 Å². The zero-order valence-corrected chi connectivity index (χ0v) is 17.8. The van der Waals surface area contributed by atoms with E-state index in [1.807, 2.05) is 42.8 Å². The maximum atomic E-state index is 10.5. The fourth-order valence-electron chi connectivity index (χ4n) is 3.87. The Hall–Kier alpha value is -3.48. The molecule has 0 amide bonds. The highest BCUT2D eigenvalue weighted by Gasteiger charge is 2.20. The number of hydrogen-bond donors (Lipinski definition) is 2. The smallest absolute Gasteiger partial charge is 0.172 e. The van der Waals surface area contributed by atoms with E-state index in [4.69, 9.17) is 4.74 Å². The van der Waals surface area contributed by atoms with Gasteiger partial charge < -0.3 is 19.5 Å². The van der Waals surface area contributed by atoms with Crippen LogP contribution in [0.5, 0.6) is 17.2 Å². The second-order valence-corrected chi connectivity index (χ2v) is 7.97. The Kier molecular flexibility index (Phi) is 4.89. The van der Waals surface area contributed by atoms with E-state index in [9.17, 15) is 10.2 Å². The van der Waals surface area contributed by atoms with Crippen molar-refractivity contribution in [2.24, 2.45) is 0 Å². The number of hydrogen-bond acceptors (Lipinski definition) is 5. The van der Waals surface area contributed by atoms with Gasteiger partial charge in [0.05, 0.1) is 23.9 Å². The van der Waals surface area contributed by atoms with Crippen LogP contribution in [0, 0.1) is 0 Å². The molecule has 7 heteroatoms. The lowest BCUT2D eigenvalue weighted by Crippen LogP contribution is -2.02. The zero-order chi connectivity index (χ0) is 21.6. The number of phenols is 2. The van der Waals surface area contributed by atoms with Crippen molar-refractivity contribution < 1.29 is 14.9 Å². The van der Waals surface area contributed by atoms with Crippen molar-refractivity contribution in [1.82, 2.24) is 19.3 Å². The summed E-state index contributed by atoms with van der Waals surface area (Å²) in [5.74, 6) is 1.40. The average molecular weight is 406 g/mol. The summed E-state index contributed by atoms with van der Waals surface area (Å²) in [4.78, 5) is 0. The first-order valence-electron chi connectivity index (χ1n) is 9.97. The maximum Gasteiger partial charge on any atom is 0.172 e. The van der Waals surface area contributed by atoms with Crippen molar-refractivity contribution in [1.29, 1.82) is 0 Å². The maximum absolute atomic E-state index is 10.5. The van der Waals surface area contributed by atoms with Crippen molar-refractivity contribution in [3.63, 3.8) is 0 Å². The summed E-state index contributed by atoms with van der Waals surface area (Å²) in [5.41, 5.74) is 3.12. The number of aromatic hydroxyl groups is 2. The normalized spacial score (nSPS) is 11.7. The Balaban J connectivity index is 1.96. The molecule has 2 heterocycles. The molecule has 2 aromatic carbocycles. The van der Waals surface area contributed by atoms with E-state index >= 15 is 0 Å². The highest BCUT2D eigenvalue weighted by Crippen LogP contribution is 2.39. The Morgan fingerprint density at radius 1 is 1.00 bits per heavy atom. The molecule has 0 saturated heterocycles. The fourth-order valence-corrected chi connectivity index (χ4v) is 3.87. The molecular formula is C23H26N4O3. The van der Waals surface area contributed by atoms with Crippen molar-refractivity contribution in [2.45, 2.75) is 39.7 Å². The minimum Gasteiger partial charge on any atom is -0.508 e. The van der Waals surface area contributed by atoms with E-state index in [2.05, 4.69) is 28.6 Å². The zero-order valence-electron chi connectivity index (χ0n) is 17.8. The molecule has 30 heavy (non-hydrogen) atoms. The van der Waals surface area contributed by atoms with Crippen molar-refractivity contribution in [2.75, 3.05) is 7.11 Å². The SMILES string of the molecule is COc1ccc(-n2cnnc2-c2cc(C(C)C)c(O)cc2O)c2ccn(C(C)C)c12. The molecule has 156 valence electrons. The van der Waals surface area contributed by atoms with Gasteiger partial charge in [0, 0.05) is 23.7 Å². The van der Waals surface area contributed by atoms with Gasteiger partial charge in [-0.2, -0.15) is 0 Å². The van der Waals surface area contributed by atoms with Gasteiger partial charge in [-0.25, -0.2) is 0 Å². The quantitative estimate of drug-likeness (QED) is 0.486. The molecule has 0 aliphatic rings. The lowest BCUT2D eigenvalue weighted by molar-refractivity contribution is 0.416. The van der Waals surface area contributed by atoms with Gasteiger partial charge in [-0.05, 0) is 49.6 Å². The van der Waals surface area contributed by atoms with E-state index in [0.29, 0.717) is 11.4 Å². The first kappa shape index (κ1) is 19.8. The number of methoxy groups -OCH3 is 1. The topological polar surface area (TPSA) is 85.3 Å². The first-order valence-corrected chi connectivity index (χ1v) is 9.97. The van der Waals surface area contributed by atoms with Gasteiger partial charge >= 0.3 is 0 Å². The molecule has 2 N–H and O–H groups in total. The molecule has 0 radical (unpaired) electrons. The van der Waals surface area contributed by atoms with Crippen molar-refractivity contribution >= 4 is 10.9 Å². The molecular weight excluding hydrogens is 380 g/mol. The molecule has 2 aromatic heterocycles. The highest BCUT2D eigenvalue weighted by atomic mass is 16.5. The van der Waals surface area contributed by atoms with E-state index in [0.717, 1.165) is 27.9 Å². The Morgan fingerprint density at radius 2 is 1.77 bits per heavy atom. The molecule has 0 fully saturated rings. The van der Waals surface area contributed by atoms with Crippen LogP contribution in [0.15, 0.2) is 42.9 Å². The number of fused-ring (bicyclic) bond motifs is 1. The molecule has 0 aliphatic heterocycles. The minimum absolute atomic E-state index is 0.0457. The summed E-state index contributed by atoms with van der Waals surface area (Å²) in [6, 6.07) is 9.34. The van der Waals surface area contributed by atoms with Gasteiger partial charge in [-0.1, -0.05) is 13.8 Å². The molecule has 0 bridgehead atoms. The molecule has 0 spiro atoms. The van der Waals surface area contributed by atoms with Crippen LogP contribution in [0.2, 0.25) is 0 Å². The van der Waals surface area contributed by atoms with Gasteiger partial charge in [-0.3, -0.25) is 4.57 Å². The van der Waals surface area contributed by atoms with Crippen LogP contribution in [0.3, 0.4) is 0 Å². The second-order valence-electron chi connectivity index (χ2n) is 7.97. The van der Waals surface area contributed by atoms with E-state index < -0.39 is 0 Å². The third-order valence-corrected chi connectivity index (χ3v) is 5.41. The predicted octanol–water partition coefficient (Wildman–Crippen LogP) is 5.01. The monoisotopic (exact) mass is 406 g/mol. The van der Waals surface area contributed by atoms with E-state index in [1.165, 1.54) is 6.07 Å². The molecule has 0 unspecified atom stereocenters. The summed E-state index contributed by atoms with van der Waals surface area (Å²) in [6.07, 6.45) is 3.67. The van der Waals surface area contributed by atoms with Crippen LogP contribution >= 0.6 is 0 Å². The van der Waals surface area contributed by atoms with Crippen LogP contribution in [0.4, 0.5) is 0 Å². The van der Waals surface area contributed by atoms with Crippen LogP contribution in [0.25, 0.3) is 28.0 Å². The number of benzene rings is 2. The number of aromatic nitrogens is 4. The third-order valence-electron chi connectivity index (χ3n) is 5.41. The number of rotatable bonds is 5. The van der Waals surface area contributed by atoms with Crippen molar-refractivity contribution in [3.05, 3.63) is 48.4 Å². The van der Waals surface area contributed by atoms with Gasteiger partial charge in [0.15, 0.2) is 5.82 Å². The van der Waals surface area contributed by atoms with Crippen LogP contribution in [0.1, 0.15) is 45.2 Å². The van der Waals surface area contributed by atoms with Crippen LogP contribution in [-0.2, 0) is 0 Å². The van der Waals surface area contributed by atoms with E-state index in [1.54, 1.807) is 19.5 Å². The largest absolute Gasteiger partial charge is 0.508 e. The lowest BCUT2D eigenvalue weighted by atomic mass is 9.98. The molecule has 0 atom stereocenters. The van der Waals surface area contributed by atoms with Gasteiger partial charge in [0.2, 0.25) is 0 Å². The number of phenolic OH excluding ortho intramolecular Hbond substituents is 2. The second kappa shape index (κ2) is 7.40. The van der Waals surface area contributed by atoms with Crippen LogP contribution < -0.4 is 4.74 Å². The molecule has 0 aliphatic carbocycles. The standard InChI is InChI=1S/C23H26N4O3/c1-13(2)16-10-17(20(29)11-19(16)28)23-25-24-12-27(23)18-6-7-21(30-5)22-15(18)8-9-26(22)14(3)4/h6-14,28-29H,1-5H3. The van der Waals surface area contributed by atoms with Gasteiger partial charge in [0.25, 0.3) is 0 Å². The number of ether oxygens (including phenoxy) is 1. The molecule has 0 saturated carbocycles. The number of nitrogens with zero attached hydrogens (tertiary/aromatic N) is 4. The van der Waals surface area contributed by atoms with Gasteiger partial charge in [0.1, 0.15) is 23.6 Å². The molecule has 4 aromatic rings. The van der Waals surface area contributed by atoms with Crippen molar-refractivity contribution in [3.8, 4) is 34.3 Å². The average Bonchev–Trinajstić information content (AvgIpc) is 3.34. The summed E-state index contributed by atoms with van der Waals surface area (Å²) >= 11 is 0. The third kappa shape index (κ3) is 3.07. The fraction of sp³-hybridized carbons (Fsp3) is 0.304. The molecule has 4 rings (SSSR count). The highest BCUT2D eigenvalue weighted by molar-refractivity contribution is 5.94. The summed E-state index contributed by atoms with van der Waals surface area (Å²) in [5, 5.41) is 30.1. The summed E-state index contributed by atoms with van der Waals surface area (Å²) in [6.45, 7) is 8.22. The minimum atomic E-state index is -0.0457. The Labute approximate surface area is 175 Å². The summed E-state index contributed by atoms with van der Waals surface area (Å²) < 4.78 is 9.62. The Bertz CT molecular complexity index is 1220. The predicted molar refractivity (Wildman–Crippen MR) is 117 cm³/mol. The lowest BCUT2D eigenvalue weighted by Gasteiger charge is -2.16. The first-order chi connectivity index (χ1) is 14.3. The molecule has 7 nitrogen and oxygen atoms in total. The Morgan fingerprint density at radius 3 is 2.43 bits per heavy atom. The summed E-state index contributed by atoms with van der Waals surface area (Å²) in [7, 11) is 1.66. The van der Waals surface area contributed by atoms with Gasteiger partial charge in [-0.15, -0.1) is 10.2 Å². The van der Waals surface area contributed by atoms with Crippen LogP contribution in [-0.4, -0.2) is 36.7 Å².